The number of amides is 1. The van der Waals surface area contributed by atoms with Gasteiger partial charge in [0, 0.05) is 23.5 Å². The second kappa shape index (κ2) is 6.82. The smallest absolute Gasteiger partial charge is 0.251 e. The van der Waals surface area contributed by atoms with Crippen LogP contribution in [0.2, 0.25) is 0 Å². The first-order chi connectivity index (χ1) is 10.5. The summed E-state index contributed by atoms with van der Waals surface area (Å²) in [6.45, 7) is 9.36. The molecule has 0 aliphatic heterocycles. The number of unbranched alkanes of at least 4 members (excludes halogenated alkanes) is 1. The van der Waals surface area contributed by atoms with Gasteiger partial charge in [0.2, 0.25) is 0 Å². The molecule has 0 aliphatic carbocycles. The van der Waals surface area contributed by atoms with Crippen LogP contribution >= 0.6 is 0 Å². The number of aromatic nitrogens is 1. The third-order valence-corrected chi connectivity index (χ3v) is 4.36. The fourth-order valence-corrected chi connectivity index (χ4v) is 3.23. The van der Waals surface area contributed by atoms with Crippen LogP contribution in [0.1, 0.15) is 54.0 Å². The Balaban J connectivity index is 2.76. The summed E-state index contributed by atoms with van der Waals surface area (Å²) in [6.07, 6.45) is 3.13. The second-order valence-corrected chi connectivity index (χ2v) is 5.82. The van der Waals surface area contributed by atoms with Crippen LogP contribution in [0.5, 0.6) is 0 Å². The predicted molar refractivity (Wildman–Crippen MR) is 92.1 cm³/mol. The molecule has 3 nitrogen and oxygen atoms in total. The van der Waals surface area contributed by atoms with Crippen molar-refractivity contribution < 1.29 is 4.79 Å². The van der Waals surface area contributed by atoms with E-state index in [1.165, 1.54) is 11.3 Å². The van der Waals surface area contributed by atoms with Crippen LogP contribution in [0, 0.1) is 13.8 Å². The summed E-state index contributed by atoms with van der Waals surface area (Å²) in [5.74, 6) is -0.333. The Kier molecular flexibility index (Phi) is 5.07. The maximum Gasteiger partial charge on any atom is 0.251 e. The van der Waals surface area contributed by atoms with Crippen LogP contribution in [0.3, 0.4) is 0 Å². The van der Waals surface area contributed by atoms with E-state index in [2.05, 4.69) is 37.5 Å². The molecule has 0 fully saturated rings. The van der Waals surface area contributed by atoms with Crippen molar-refractivity contribution >= 4 is 5.91 Å². The highest BCUT2D eigenvalue weighted by atomic mass is 16.1. The number of benzene rings is 1. The number of hydrogen-bond acceptors (Lipinski definition) is 1. The van der Waals surface area contributed by atoms with E-state index >= 15 is 0 Å². The average molecular weight is 298 g/mol. The lowest BCUT2D eigenvalue weighted by Gasteiger charge is -2.12. The highest BCUT2D eigenvalue weighted by Crippen LogP contribution is 2.35. The number of carbonyl (C=O) groups excluding carboxylic acids is 1. The summed E-state index contributed by atoms with van der Waals surface area (Å²) in [4.78, 5) is 12.1. The Morgan fingerprint density at radius 2 is 1.86 bits per heavy atom. The van der Waals surface area contributed by atoms with Gasteiger partial charge in [0.05, 0.1) is 5.56 Å². The zero-order chi connectivity index (χ0) is 16.3. The standard InChI is InChI=1S/C19H26N2O/c1-5-7-12-21-14(4)17(19(20)22)18(16(21)6-2)15-11-9-8-10-13(15)3/h8-11H,5-7,12H2,1-4H3,(H2,20,22). The van der Waals surface area contributed by atoms with Crippen molar-refractivity contribution in [2.24, 2.45) is 5.73 Å². The molecule has 2 aromatic rings. The van der Waals surface area contributed by atoms with E-state index in [1.807, 2.05) is 19.1 Å². The van der Waals surface area contributed by atoms with E-state index in [9.17, 15) is 4.79 Å². The molecule has 2 rings (SSSR count). The van der Waals surface area contributed by atoms with Crippen LogP contribution in [-0.2, 0) is 13.0 Å². The summed E-state index contributed by atoms with van der Waals surface area (Å²) >= 11 is 0. The van der Waals surface area contributed by atoms with Crippen molar-refractivity contribution in [3.63, 3.8) is 0 Å². The number of aryl methyl sites for hydroxylation is 1. The maximum atomic E-state index is 12.1. The van der Waals surface area contributed by atoms with E-state index in [1.54, 1.807) is 0 Å². The number of nitrogens with two attached hydrogens (primary N) is 1. The predicted octanol–water partition coefficient (Wildman–Crippen LogP) is 4.23. The number of nitrogens with zero attached hydrogens (tertiary/aromatic N) is 1. The van der Waals surface area contributed by atoms with E-state index in [4.69, 9.17) is 5.73 Å². The molecule has 2 N–H and O–H groups in total. The van der Waals surface area contributed by atoms with Gasteiger partial charge in [0.25, 0.3) is 5.91 Å². The summed E-state index contributed by atoms with van der Waals surface area (Å²) < 4.78 is 2.28. The summed E-state index contributed by atoms with van der Waals surface area (Å²) in [5, 5.41) is 0. The largest absolute Gasteiger partial charge is 0.366 e. The van der Waals surface area contributed by atoms with Crippen LogP contribution in [0.4, 0.5) is 0 Å². The number of hydrogen-bond donors (Lipinski definition) is 1. The molecular formula is C19H26N2O. The van der Waals surface area contributed by atoms with Gasteiger partial charge in [0.1, 0.15) is 0 Å². The monoisotopic (exact) mass is 298 g/mol. The fraction of sp³-hybridized carbons (Fsp3) is 0.421. The lowest BCUT2D eigenvalue weighted by Crippen LogP contribution is -2.13. The highest BCUT2D eigenvalue weighted by Gasteiger charge is 2.24. The Labute approximate surface area is 133 Å². The van der Waals surface area contributed by atoms with Gasteiger partial charge < -0.3 is 10.3 Å². The Bertz CT molecular complexity index is 683. The molecule has 0 spiro atoms. The SMILES string of the molecule is CCCCn1c(C)c(C(N)=O)c(-c2ccccc2C)c1CC. The second-order valence-electron chi connectivity index (χ2n) is 5.82. The van der Waals surface area contributed by atoms with Crippen LogP contribution in [-0.4, -0.2) is 10.5 Å². The Morgan fingerprint density at radius 1 is 1.18 bits per heavy atom. The minimum atomic E-state index is -0.333. The lowest BCUT2D eigenvalue weighted by atomic mass is 9.95. The molecule has 1 amide bonds. The van der Waals surface area contributed by atoms with Crippen molar-refractivity contribution in [3.8, 4) is 11.1 Å². The molecule has 1 aromatic heterocycles. The van der Waals surface area contributed by atoms with Crippen molar-refractivity contribution in [3.05, 3.63) is 46.8 Å². The molecule has 0 unspecified atom stereocenters. The van der Waals surface area contributed by atoms with Gasteiger partial charge in [0.15, 0.2) is 0 Å². The molecule has 3 heteroatoms. The summed E-state index contributed by atoms with van der Waals surface area (Å²) in [5.41, 5.74) is 11.9. The minimum Gasteiger partial charge on any atom is -0.366 e. The van der Waals surface area contributed by atoms with E-state index in [0.29, 0.717) is 5.56 Å². The molecule has 0 aliphatic rings. The number of rotatable bonds is 6. The average Bonchev–Trinajstić information content (AvgIpc) is 2.77. The van der Waals surface area contributed by atoms with Gasteiger partial charge >= 0.3 is 0 Å². The van der Waals surface area contributed by atoms with Crippen molar-refractivity contribution in [1.82, 2.24) is 4.57 Å². The molecule has 22 heavy (non-hydrogen) atoms. The summed E-state index contributed by atoms with van der Waals surface area (Å²) in [7, 11) is 0. The highest BCUT2D eigenvalue weighted by molar-refractivity contribution is 6.02. The molecule has 1 heterocycles. The number of primary amides is 1. The Hall–Kier alpha value is -2.03. The third-order valence-electron chi connectivity index (χ3n) is 4.36. The molecule has 0 saturated carbocycles. The first kappa shape index (κ1) is 16.3. The van der Waals surface area contributed by atoms with Crippen LogP contribution in [0.15, 0.2) is 24.3 Å². The molecule has 1 aromatic carbocycles. The van der Waals surface area contributed by atoms with Gasteiger partial charge in [-0.05, 0) is 37.8 Å². The third kappa shape index (κ3) is 2.80. The zero-order valence-electron chi connectivity index (χ0n) is 14.1. The van der Waals surface area contributed by atoms with Gasteiger partial charge in [-0.1, -0.05) is 44.5 Å². The van der Waals surface area contributed by atoms with Crippen molar-refractivity contribution in [1.29, 1.82) is 0 Å². The maximum absolute atomic E-state index is 12.1. The first-order valence-electron chi connectivity index (χ1n) is 8.10. The van der Waals surface area contributed by atoms with Crippen molar-refractivity contribution in [2.75, 3.05) is 0 Å². The number of carbonyl (C=O) groups is 1. The Morgan fingerprint density at radius 3 is 2.41 bits per heavy atom. The van der Waals surface area contributed by atoms with E-state index in [0.717, 1.165) is 42.6 Å². The van der Waals surface area contributed by atoms with E-state index in [-0.39, 0.29) is 5.91 Å². The summed E-state index contributed by atoms with van der Waals surface area (Å²) in [6, 6.07) is 8.21. The fourth-order valence-electron chi connectivity index (χ4n) is 3.23. The lowest BCUT2D eigenvalue weighted by molar-refractivity contribution is 0.1000. The molecule has 0 radical (unpaired) electrons. The van der Waals surface area contributed by atoms with Gasteiger partial charge in [-0.2, -0.15) is 0 Å². The normalized spacial score (nSPS) is 10.9. The van der Waals surface area contributed by atoms with Crippen LogP contribution < -0.4 is 5.73 Å². The van der Waals surface area contributed by atoms with Gasteiger partial charge in [-0.3, -0.25) is 4.79 Å². The molecule has 0 atom stereocenters. The first-order valence-corrected chi connectivity index (χ1v) is 8.10. The molecule has 0 bridgehead atoms. The van der Waals surface area contributed by atoms with Gasteiger partial charge in [-0.25, -0.2) is 0 Å². The molecule has 118 valence electrons. The topological polar surface area (TPSA) is 48.0 Å². The molecular weight excluding hydrogens is 272 g/mol. The van der Waals surface area contributed by atoms with Gasteiger partial charge in [-0.15, -0.1) is 0 Å². The molecule has 0 saturated heterocycles. The quantitative estimate of drug-likeness (QED) is 0.852. The zero-order valence-corrected chi connectivity index (χ0v) is 14.1. The van der Waals surface area contributed by atoms with E-state index < -0.39 is 0 Å². The van der Waals surface area contributed by atoms with Crippen molar-refractivity contribution in [2.45, 2.75) is 53.5 Å². The van der Waals surface area contributed by atoms with Crippen LogP contribution in [0.25, 0.3) is 11.1 Å². The minimum absolute atomic E-state index is 0.333.